The Balaban J connectivity index is 2.28. The fourth-order valence-electron chi connectivity index (χ4n) is 2.32. The molecule has 90 valence electrons. The monoisotopic (exact) mass is 214 g/mol. The fraction of sp³-hybridized carbons (Fsp3) is 1.00. The van der Waals surface area contributed by atoms with Crippen molar-refractivity contribution in [2.24, 2.45) is 5.73 Å². The van der Waals surface area contributed by atoms with Crippen LogP contribution in [0.25, 0.3) is 0 Å². The van der Waals surface area contributed by atoms with Crippen LogP contribution in [0, 0.1) is 0 Å². The second kappa shape index (κ2) is 6.46. The summed E-state index contributed by atoms with van der Waals surface area (Å²) in [7, 11) is 4.04. The van der Waals surface area contributed by atoms with Crippen LogP contribution in [-0.4, -0.2) is 43.8 Å². The van der Waals surface area contributed by atoms with Crippen molar-refractivity contribution in [3.8, 4) is 0 Å². The van der Waals surface area contributed by atoms with Crippen molar-refractivity contribution in [3.05, 3.63) is 0 Å². The number of methoxy groups -OCH3 is 1. The van der Waals surface area contributed by atoms with E-state index in [0.29, 0.717) is 18.2 Å². The van der Waals surface area contributed by atoms with Gasteiger partial charge in [-0.1, -0.05) is 0 Å². The Morgan fingerprint density at radius 2 is 2.20 bits per heavy atom. The molecule has 0 saturated heterocycles. The molecule has 1 fully saturated rings. The number of nitrogens with zero attached hydrogens (tertiary/aromatic N) is 1. The molecule has 0 aromatic carbocycles. The summed E-state index contributed by atoms with van der Waals surface area (Å²) in [5.41, 5.74) is 5.77. The van der Waals surface area contributed by atoms with Gasteiger partial charge in [-0.25, -0.2) is 0 Å². The van der Waals surface area contributed by atoms with Crippen molar-refractivity contribution in [1.82, 2.24) is 4.90 Å². The molecule has 0 spiro atoms. The molecule has 0 bridgehead atoms. The molecule has 0 radical (unpaired) electrons. The number of ether oxygens (including phenoxy) is 1. The molecule has 3 unspecified atom stereocenters. The van der Waals surface area contributed by atoms with Gasteiger partial charge in [0.15, 0.2) is 0 Å². The number of hydrogen-bond acceptors (Lipinski definition) is 3. The maximum atomic E-state index is 5.77. The predicted molar refractivity (Wildman–Crippen MR) is 63.9 cm³/mol. The summed E-state index contributed by atoms with van der Waals surface area (Å²) >= 11 is 0. The van der Waals surface area contributed by atoms with Crippen molar-refractivity contribution < 1.29 is 4.74 Å². The summed E-state index contributed by atoms with van der Waals surface area (Å²) in [6.07, 6.45) is 6.59. The molecule has 1 saturated carbocycles. The summed E-state index contributed by atoms with van der Waals surface area (Å²) in [5.74, 6) is 0. The van der Waals surface area contributed by atoms with Gasteiger partial charge in [0.25, 0.3) is 0 Å². The zero-order chi connectivity index (χ0) is 11.3. The molecule has 3 atom stereocenters. The average molecular weight is 214 g/mol. The van der Waals surface area contributed by atoms with E-state index in [2.05, 4.69) is 18.9 Å². The minimum atomic E-state index is 0.314. The highest BCUT2D eigenvalue weighted by Gasteiger charge is 2.24. The van der Waals surface area contributed by atoms with Gasteiger partial charge in [0.05, 0.1) is 6.10 Å². The first kappa shape index (κ1) is 12.9. The number of hydrogen-bond donors (Lipinski definition) is 1. The van der Waals surface area contributed by atoms with Crippen LogP contribution in [0.3, 0.4) is 0 Å². The van der Waals surface area contributed by atoms with Gasteiger partial charge in [-0.15, -0.1) is 0 Å². The molecule has 0 aromatic rings. The second-order valence-corrected chi connectivity index (χ2v) is 4.92. The Kier molecular flexibility index (Phi) is 5.58. The van der Waals surface area contributed by atoms with Gasteiger partial charge in [0, 0.05) is 19.2 Å². The van der Waals surface area contributed by atoms with Crippen LogP contribution >= 0.6 is 0 Å². The third kappa shape index (κ3) is 4.49. The second-order valence-electron chi connectivity index (χ2n) is 4.92. The summed E-state index contributed by atoms with van der Waals surface area (Å²) in [6, 6.07) is 1.01. The Morgan fingerprint density at radius 1 is 1.47 bits per heavy atom. The van der Waals surface area contributed by atoms with Crippen molar-refractivity contribution in [1.29, 1.82) is 0 Å². The first-order valence-electron chi connectivity index (χ1n) is 6.12. The lowest BCUT2D eigenvalue weighted by Crippen LogP contribution is -2.39. The summed E-state index contributed by atoms with van der Waals surface area (Å²) in [6.45, 7) is 3.19. The lowest BCUT2D eigenvalue weighted by molar-refractivity contribution is 0.0341. The summed E-state index contributed by atoms with van der Waals surface area (Å²) in [5, 5.41) is 0. The smallest absolute Gasteiger partial charge is 0.0586 e. The highest BCUT2D eigenvalue weighted by Crippen LogP contribution is 2.24. The van der Waals surface area contributed by atoms with Crippen LogP contribution in [0.15, 0.2) is 0 Å². The van der Waals surface area contributed by atoms with Crippen molar-refractivity contribution in [3.63, 3.8) is 0 Å². The highest BCUT2D eigenvalue weighted by atomic mass is 16.5. The maximum absolute atomic E-state index is 5.77. The Labute approximate surface area is 94.0 Å². The third-order valence-electron chi connectivity index (χ3n) is 3.49. The first-order valence-corrected chi connectivity index (χ1v) is 6.12. The third-order valence-corrected chi connectivity index (χ3v) is 3.49. The molecule has 1 aliphatic rings. The fourth-order valence-corrected chi connectivity index (χ4v) is 2.32. The molecule has 15 heavy (non-hydrogen) atoms. The van der Waals surface area contributed by atoms with Crippen molar-refractivity contribution >= 4 is 0 Å². The average Bonchev–Trinajstić information content (AvgIpc) is 2.26. The van der Waals surface area contributed by atoms with Crippen LogP contribution in [0.5, 0.6) is 0 Å². The van der Waals surface area contributed by atoms with Gasteiger partial charge in [-0.2, -0.15) is 0 Å². The molecule has 0 aliphatic heterocycles. The van der Waals surface area contributed by atoms with E-state index in [1.54, 1.807) is 0 Å². The topological polar surface area (TPSA) is 38.5 Å². The molecular weight excluding hydrogens is 188 g/mol. The maximum Gasteiger partial charge on any atom is 0.0586 e. The SMILES string of the molecule is COC1CCCC(N(C)CCC(C)N)C1. The zero-order valence-electron chi connectivity index (χ0n) is 10.4. The van der Waals surface area contributed by atoms with E-state index >= 15 is 0 Å². The van der Waals surface area contributed by atoms with Crippen LogP contribution in [0.1, 0.15) is 39.0 Å². The molecule has 1 rings (SSSR count). The van der Waals surface area contributed by atoms with E-state index in [-0.39, 0.29) is 0 Å². The summed E-state index contributed by atoms with van der Waals surface area (Å²) < 4.78 is 5.45. The first-order chi connectivity index (χ1) is 7.13. The zero-order valence-corrected chi connectivity index (χ0v) is 10.4. The quantitative estimate of drug-likeness (QED) is 0.755. The Morgan fingerprint density at radius 3 is 2.80 bits per heavy atom. The molecule has 0 aromatic heterocycles. The van der Waals surface area contributed by atoms with Gasteiger partial charge in [-0.3, -0.25) is 0 Å². The van der Waals surface area contributed by atoms with E-state index in [0.717, 1.165) is 13.0 Å². The normalized spacial score (nSPS) is 29.4. The largest absolute Gasteiger partial charge is 0.381 e. The van der Waals surface area contributed by atoms with E-state index < -0.39 is 0 Å². The Hall–Kier alpha value is -0.120. The molecule has 0 heterocycles. The van der Waals surface area contributed by atoms with Gasteiger partial charge >= 0.3 is 0 Å². The molecule has 3 nitrogen and oxygen atoms in total. The van der Waals surface area contributed by atoms with Gasteiger partial charge in [0.1, 0.15) is 0 Å². The van der Waals surface area contributed by atoms with Gasteiger partial charge in [-0.05, 0) is 52.6 Å². The minimum Gasteiger partial charge on any atom is -0.381 e. The number of nitrogens with two attached hydrogens (primary N) is 1. The van der Waals surface area contributed by atoms with E-state index in [1.807, 2.05) is 7.11 Å². The molecule has 3 heteroatoms. The summed E-state index contributed by atoms with van der Waals surface area (Å²) in [4.78, 5) is 2.45. The van der Waals surface area contributed by atoms with Crippen molar-refractivity contribution in [2.45, 2.75) is 57.2 Å². The molecular formula is C12H26N2O. The van der Waals surface area contributed by atoms with E-state index in [9.17, 15) is 0 Å². The Bertz CT molecular complexity index is 173. The minimum absolute atomic E-state index is 0.314. The molecule has 0 amide bonds. The van der Waals surface area contributed by atoms with Gasteiger partial charge < -0.3 is 15.4 Å². The standard InChI is InChI=1S/C12H26N2O/c1-10(13)7-8-14(2)11-5-4-6-12(9-11)15-3/h10-12H,4-9,13H2,1-3H3. The molecule has 1 aliphatic carbocycles. The van der Waals surface area contributed by atoms with Crippen molar-refractivity contribution in [2.75, 3.05) is 20.7 Å². The predicted octanol–water partition coefficient (Wildman–Crippen LogP) is 1.61. The number of rotatable bonds is 5. The van der Waals surface area contributed by atoms with E-state index in [1.165, 1.54) is 25.7 Å². The van der Waals surface area contributed by atoms with Gasteiger partial charge in [0.2, 0.25) is 0 Å². The lowest BCUT2D eigenvalue weighted by Gasteiger charge is -2.35. The van der Waals surface area contributed by atoms with Crippen LogP contribution in [0.4, 0.5) is 0 Å². The highest BCUT2D eigenvalue weighted by molar-refractivity contribution is 4.79. The van der Waals surface area contributed by atoms with E-state index in [4.69, 9.17) is 10.5 Å². The van der Waals surface area contributed by atoms with Crippen LogP contribution < -0.4 is 5.73 Å². The lowest BCUT2D eigenvalue weighted by atomic mass is 9.92. The van der Waals surface area contributed by atoms with Crippen LogP contribution in [0.2, 0.25) is 0 Å². The van der Waals surface area contributed by atoms with Crippen LogP contribution in [-0.2, 0) is 4.74 Å². The molecule has 2 N–H and O–H groups in total.